The average Bonchev–Trinajstić information content (AvgIpc) is 2.60. The highest BCUT2D eigenvalue weighted by Crippen LogP contribution is 2.24. The molecule has 2 rings (SSSR count). The van der Waals surface area contributed by atoms with Crippen molar-refractivity contribution < 1.29 is 29.3 Å². The first-order valence-electron chi connectivity index (χ1n) is 7.59. The predicted octanol–water partition coefficient (Wildman–Crippen LogP) is 2.62. The molecule has 0 heterocycles. The van der Waals surface area contributed by atoms with Crippen molar-refractivity contribution in [2.75, 3.05) is 20.2 Å². The highest BCUT2D eigenvalue weighted by Gasteiger charge is 2.04. The van der Waals surface area contributed by atoms with Gasteiger partial charge in [-0.1, -0.05) is 24.3 Å². The Morgan fingerprint density at radius 2 is 1.52 bits per heavy atom. The van der Waals surface area contributed by atoms with E-state index < -0.39 is 11.9 Å². The molecule has 0 bridgehead atoms. The SMILES string of the molecule is CNCCCOc1cccc(Oc2ccccc2)c1.O=C(O)C(=O)O. The van der Waals surface area contributed by atoms with Crippen LogP contribution in [0.3, 0.4) is 0 Å². The molecule has 2 aromatic carbocycles. The summed E-state index contributed by atoms with van der Waals surface area (Å²) in [5, 5.41) is 17.9. The van der Waals surface area contributed by atoms with Crippen molar-refractivity contribution in [3.63, 3.8) is 0 Å². The summed E-state index contributed by atoms with van der Waals surface area (Å²) in [4.78, 5) is 18.2. The maximum absolute atomic E-state index is 9.10. The Balaban J connectivity index is 0.000000450. The Morgan fingerprint density at radius 3 is 2.12 bits per heavy atom. The number of rotatable bonds is 7. The Bertz CT molecular complexity index is 648. The Kier molecular flexibility index (Phi) is 9.17. The van der Waals surface area contributed by atoms with Crippen LogP contribution >= 0.6 is 0 Å². The maximum atomic E-state index is 9.10. The molecule has 0 aliphatic rings. The molecule has 0 fully saturated rings. The zero-order valence-electron chi connectivity index (χ0n) is 13.8. The minimum absolute atomic E-state index is 0.704. The summed E-state index contributed by atoms with van der Waals surface area (Å²) in [6.45, 7) is 1.66. The summed E-state index contributed by atoms with van der Waals surface area (Å²) in [5.74, 6) is -1.19. The molecule has 0 spiro atoms. The van der Waals surface area contributed by atoms with Crippen LogP contribution in [-0.2, 0) is 9.59 Å². The van der Waals surface area contributed by atoms with E-state index in [1.165, 1.54) is 0 Å². The van der Waals surface area contributed by atoms with E-state index in [4.69, 9.17) is 29.3 Å². The van der Waals surface area contributed by atoms with E-state index in [0.717, 1.165) is 30.2 Å². The van der Waals surface area contributed by atoms with E-state index in [1.807, 2.05) is 61.6 Å². The van der Waals surface area contributed by atoms with Gasteiger partial charge in [0.2, 0.25) is 0 Å². The fourth-order valence-electron chi connectivity index (χ4n) is 1.69. The summed E-state index contributed by atoms with van der Waals surface area (Å²) < 4.78 is 11.4. The van der Waals surface area contributed by atoms with Crippen LogP contribution in [0.4, 0.5) is 0 Å². The van der Waals surface area contributed by atoms with E-state index in [1.54, 1.807) is 0 Å². The molecule has 2 aromatic rings. The normalized spacial score (nSPS) is 9.48. The highest BCUT2D eigenvalue weighted by molar-refractivity contribution is 6.27. The minimum atomic E-state index is -1.82. The molecule has 134 valence electrons. The van der Waals surface area contributed by atoms with Crippen molar-refractivity contribution in [3.05, 3.63) is 54.6 Å². The molecule has 25 heavy (non-hydrogen) atoms. The topological polar surface area (TPSA) is 105 Å². The first-order valence-corrected chi connectivity index (χ1v) is 7.59. The number of carboxylic acid groups (broad SMARTS) is 2. The van der Waals surface area contributed by atoms with Gasteiger partial charge in [0.05, 0.1) is 6.61 Å². The van der Waals surface area contributed by atoms with E-state index in [0.29, 0.717) is 6.61 Å². The highest BCUT2D eigenvalue weighted by atomic mass is 16.5. The zero-order chi connectivity index (χ0) is 18.5. The van der Waals surface area contributed by atoms with Crippen molar-refractivity contribution in [1.29, 1.82) is 0 Å². The summed E-state index contributed by atoms with van der Waals surface area (Å²) in [6, 6.07) is 17.4. The molecule has 0 saturated carbocycles. The smallest absolute Gasteiger partial charge is 0.414 e. The second-order valence-corrected chi connectivity index (χ2v) is 4.81. The Labute approximate surface area is 145 Å². The van der Waals surface area contributed by atoms with Crippen LogP contribution in [0.1, 0.15) is 6.42 Å². The van der Waals surface area contributed by atoms with Crippen molar-refractivity contribution in [2.45, 2.75) is 6.42 Å². The first kappa shape index (κ1) is 20.0. The van der Waals surface area contributed by atoms with Gasteiger partial charge in [-0.2, -0.15) is 0 Å². The standard InChI is InChI=1S/C16H19NO2.C2H2O4/c1-17-11-6-12-18-15-9-5-10-16(13-15)19-14-7-3-2-4-8-14;3-1(4)2(5)6/h2-5,7-10,13,17H,6,11-12H2,1H3;(H,3,4)(H,5,6). The predicted molar refractivity (Wildman–Crippen MR) is 92.3 cm³/mol. The van der Waals surface area contributed by atoms with Crippen LogP contribution in [-0.4, -0.2) is 42.4 Å². The van der Waals surface area contributed by atoms with Gasteiger partial charge in [-0.05, 0) is 44.3 Å². The Hall–Kier alpha value is -3.06. The number of nitrogens with one attached hydrogen (secondary N) is 1. The maximum Gasteiger partial charge on any atom is 0.414 e. The van der Waals surface area contributed by atoms with Gasteiger partial charge in [0, 0.05) is 6.07 Å². The Morgan fingerprint density at radius 1 is 0.920 bits per heavy atom. The monoisotopic (exact) mass is 347 g/mol. The van der Waals surface area contributed by atoms with Crippen LogP contribution in [0, 0.1) is 0 Å². The van der Waals surface area contributed by atoms with Gasteiger partial charge in [0.15, 0.2) is 0 Å². The van der Waals surface area contributed by atoms with Crippen LogP contribution in [0.5, 0.6) is 17.2 Å². The fraction of sp³-hybridized carbons (Fsp3) is 0.222. The number of aliphatic carboxylic acids is 2. The molecule has 7 heteroatoms. The number of hydrogen-bond donors (Lipinski definition) is 3. The molecule has 7 nitrogen and oxygen atoms in total. The van der Waals surface area contributed by atoms with Gasteiger partial charge < -0.3 is 25.0 Å². The minimum Gasteiger partial charge on any atom is -0.493 e. The first-order chi connectivity index (χ1) is 12.0. The summed E-state index contributed by atoms with van der Waals surface area (Å²) in [6.07, 6.45) is 0.986. The molecule has 0 amide bonds. The molecule has 0 aromatic heterocycles. The molecule has 0 unspecified atom stereocenters. The third kappa shape index (κ3) is 8.97. The van der Waals surface area contributed by atoms with Gasteiger partial charge in [-0.25, -0.2) is 9.59 Å². The number of para-hydroxylation sites is 1. The molecular weight excluding hydrogens is 326 g/mol. The quantitative estimate of drug-likeness (QED) is 0.522. The van der Waals surface area contributed by atoms with Crippen molar-refractivity contribution in [1.82, 2.24) is 5.32 Å². The second kappa shape index (κ2) is 11.5. The number of ether oxygens (including phenoxy) is 2. The number of hydrogen-bond acceptors (Lipinski definition) is 5. The second-order valence-electron chi connectivity index (χ2n) is 4.81. The zero-order valence-corrected chi connectivity index (χ0v) is 13.8. The lowest BCUT2D eigenvalue weighted by molar-refractivity contribution is -0.159. The van der Waals surface area contributed by atoms with Gasteiger partial charge >= 0.3 is 11.9 Å². The molecule has 0 aliphatic heterocycles. The van der Waals surface area contributed by atoms with Gasteiger partial charge in [0.1, 0.15) is 17.2 Å². The molecule has 0 radical (unpaired) electrons. The third-order valence-corrected chi connectivity index (χ3v) is 2.81. The van der Waals surface area contributed by atoms with Crippen molar-refractivity contribution in [3.8, 4) is 17.2 Å². The summed E-state index contributed by atoms with van der Waals surface area (Å²) in [5.41, 5.74) is 0. The molecule has 0 aliphatic carbocycles. The van der Waals surface area contributed by atoms with Gasteiger partial charge in [-0.15, -0.1) is 0 Å². The van der Waals surface area contributed by atoms with Gasteiger partial charge in [0.25, 0.3) is 0 Å². The lowest BCUT2D eigenvalue weighted by Gasteiger charge is -2.09. The van der Waals surface area contributed by atoms with E-state index in [-0.39, 0.29) is 0 Å². The third-order valence-electron chi connectivity index (χ3n) is 2.81. The van der Waals surface area contributed by atoms with Crippen molar-refractivity contribution >= 4 is 11.9 Å². The lowest BCUT2D eigenvalue weighted by Crippen LogP contribution is -2.11. The van der Waals surface area contributed by atoms with Crippen molar-refractivity contribution in [2.24, 2.45) is 0 Å². The van der Waals surface area contributed by atoms with Crippen LogP contribution in [0.15, 0.2) is 54.6 Å². The summed E-state index contributed by atoms with van der Waals surface area (Å²) in [7, 11) is 1.94. The van der Waals surface area contributed by atoms with Crippen LogP contribution < -0.4 is 14.8 Å². The number of carbonyl (C=O) groups is 2. The number of benzene rings is 2. The molecular formula is C18H21NO6. The molecule has 0 atom stereocenters. The molecule has 0 saturated heterocycles. The summed E-state index contributed by atoms with van der Waals surface area (Å²) >= 11 is 0. The largest absolute Gasteiger partial charge is 0.493 e. The van der Waals surface area contributed by atoms with Gasteiger partial charge in [-0.3, -0.25) is 0 Å². The fourth-order valence-corrected chi connectivity index (χ4v) is 1.69. The number of carboxylic acids is 2. The molecule has 3 N–H and O–H groups in total. The average molecular weight is 347 g/mol. The van der Waals surface area contributed by atoms with E-state index >= 15 is 0 Å². The lowest BCUT2D eigenvalue weighted by atomic mass is 10.3. The van der Waals surface area contributed by atoms with Crippen LogP contribution in [0.25, 0.3) is 0 Å². The van der Waals surface area contributed by atoms with E-state index in [9.17, 15) is 0 Å². The van der Waals surface area contributed by atoms with Crippen LogP contribution in [0.2, 0.25) is 0 Å². The van der Waals surface area contributed by atoms with E-state index in [2.05, 4.69) is 5.32 Å².